The largest absolute Gasteiger partial charge is 0.495 e. The lowest BCUT2D eigenvalue weighted by Crippen LogP contribution is -2.47. The fraction of sp³-hybridized carbons (Fsp3) is 0.346. The quantitative estimate of drug-likeness (QED) is 0.626. The van der Waals surface area contributed by atoms with Crippen molar-refractivity contribution in [1.29, 1.82) is 0 Å². The molecule has 3 aliphatic rings. The minimum absolute atomic E-state index is 0.0647. The summed E-state index contributed by atoms with van der Waals surface area (Å²) in [5.74, 6) is -1.91. The van der Waals surface area contributed by atoms with E-state index in [0.717, 1.165) is 11.1 Å². The summed E-state index contributed by atoms with van der Waals surface area (Å²) in [6.45, 7) is 5.54. The Morgan fingerprint density at radius 3 is 2.42 bits per heavy atom. The zero-order chi connectivity index (χ0) is 23.7. The number of nitrogens with zero attached hydrogens (tertiary/aromatic N) is 2. The fourth-order valence-electron chi connectivity index (χ4n) is 5.38. The van der Waals surface area contributed by atoms with Crippen molar-refractivity contribution < 1.29 is 19.1 Å². The molecule has 0 aliphatic carbocycles. The van der Waals surface area contributed by atoms with Gasteiger partial charge in [-0.05, 0) is 35.4 Å². The Bertz CT molecular complexity index is 1220. The van der Waals surface area contributed by atoms with Gasteiger partial charge in [0.25, 0.3) is 0 Å². The molecule has 7 heteroatoms. The Balaban J connectivity index is 1.69. The topological polar surface area (TPSA) is 66.9 Å². The number of ketones is 1. The van der Waals surface area contributed by atoms with Gasteiger partial charge in [-0.2, -0.15) is 0 Å². The molecule has 5 rings (SSSR count). The molecule has 170 valence electrons. The smallest absolute Gasteiger partial charge is 0.240 e. The number of rotatable bonds is 3. The Hall–Kier alpha value is -3.12. The van der Waals surface area contributed by atoms with Gasteiger partial charge in [-0.3, -0.25) is 14.4 Å². The van der Waals surface area contributed by atoms with E-state index < -0.39 is 35.2 Å². The summed E-state index contributed by atoms with van der Waals surface area (Å²) in [5.41, 5.74) is 1.56. The minimum atomic E-state index is -0.797. The van der Waals surface area contributed by atoms with Gasteiger partial charge in [0.15, 0.2) is 5.78 Å². The van der Waals surface area contributed by atoms with E-state index in [1.165, 1.54) is 12.0 Å². The number of Topliss-reactive ketones (excluding diaryl/α,β-unsaturated/α-hetero) is 1. The van der Waals surface area contributed by atoms with E-state index in [1.54, 1.807) is 18.2 Å². The molecule has 3 aliphatic heterocycles. The van der Waals surface area contributed by atoms with Crippen molar-refractivity contribution in [2.24, 2.45) is 17.3 Å². The Morgan fingerprint density at radius 2 is 1.73 bits per heavy atom. The lowest BCUT2D eigenvalue weighted by atomic mass is 9.79. The van der Waals surface area contributed by atoms with E-state index in [-0.39, 0.29) is 11.7 Å². The molecule has 0 unspecified atom stereocenters. The first-order valence-electron chi connectivity index (χ1n) is 11.0. The lowest BCUT2D eigenvalue weighted by molar-refractivity contribution is -0.135. The van der Waals surface area contributed by atoms with Gasteiger partial charge in [-0.15, -0.1) is 0 Å². The Morgan fingerprint density at radius 1 is 1.03 bits per heavy atom. The molecule has 2 saturated heterocycles. The lowest BCUT2D eigenvalue weighted by Gasteiger charge is -2.37. The molecule has 2 fully saturated rings. The Kier molecular flexibility index (Phi) is 4.90. The van der Waals surface area contributed by atoms with Crippen LogP contribution in [0.4, 0.5) is 5.69 Å². The van der Waals surface area contributed by atoms with Crippen LogP contribution in [0.1, 0.15) is 37.9 Å². The average Bonchev–Trinajstić information content (AvgIpc) is 3.25. The van der Waals surface area contributed by atoms with Crippen LogP contribution in [-0.2, 0) is 14.4 Å². The first kappa shape index (κ1) is 21.7. The normalized spacial score (nSPS) is 25.7. The molecule has 0 bridgehead atoms. The third-order valence-corrected chi connectivity index (χ3v) is 7.09. The summed E-state index contributed by atoms with van der Waals surface area (Å²) in [7, 11) is 1.48. The summed E-state index contributed by atoms with van der Waals surface area (Å²) in [6, 6.07) is 11.5. The van der Waals surface area contributed by atoms with Gasteiger partial charge in [0.1, 0.15) is 11.8 Å². The second-order valence-corrected chi connectivity index (χ2v) is 10.2. The molecule has 6 nitrogen and oxygen atoms in total. The molecule has 4 atom stereocenters. The number of imide groups is 1. The summed E-state index contributed by atoms with van der Waals surface area (Å²) in [4.78, 5) is 44.5. The van der Waals surface area contributed by atoms with Gasteiger partial charge in [0, 0.05) is 16.6 Å². The van der Waals surface area contributed by atoms with Gasteiger partial charge in [-0.25, -0.2) is 4.90 Å². The number of fused-ring (bicyclic) bond motifs is 5. The average molecular weight is 465 g/mol. The number of anilines is 1. The number of halogens is 1. The molecular weight excluding hydrogens is 440 g/mol. The van der Waals surface area contributed by atoms with Crippen molar-refractivity contribution in [3.05, 3.63) is 64.8 Å². The first-order valence-corrected chi connectivity index (χ1v) is 11.3. The van der Waals surface area contributed by atoms with Crippen molar-refractivity contribution in [3.8, 4) is 5.75 Å². The zero-order valence-corrected chi connectivity index (χ0v) is 19.7. The SMILES string of the molecule is COc1ccc(Cl)cc1N1C(=O)[C@@H]2[C@H](C1=O)[C@@H]1c3ccccc3C=CN1[C@H]2C(=O)C(C)(C)C. The summed E-state index contributed by atoms with van der Waals surface area (Å²) < 4.78 is 5.43. The predicted octanol–water partition coefficient (Wildman–Crippen LogP) is 4.48. The second kappa shape index (κ2) is 7.45. The van der Waals surface area contributed by atoms with Crippen LogP contribution in [0.5, 0.6) is 5.75 Å². The van der Waals surface area contributed by atoms with E-state index in [1.807, 2.05) is 62.2 Å². The molecule has 0 aromatic heterocycles. The second-order valence-electron chi connectivity index (χ2n) is 9.78. The maximum atomic E-state index is 13.9. The Labute approximate surface area is 197 Å². The number of ether oxygens (including phenoxy) is 1. The molecule has 0 saturated carbocycles. The van der Waals surface area contributed by atoms with Crippen molar-refractivity contribution in [2.45, 2.75) is 32.9 Å². The third kappa shape index (κ3) is 3.11. The highest BCUT2D eigenvalue weighted by molar-refractivity contribution is 6.32. The number of amides is 2. The van der Waals surface area contributed by atoms with Crippen molar-refractivity contribution >= 4 is 41.0 Å². The monoisotopic (exact) mass is 464 g/mol. The number of methoxy groups -OCH3 is 1. The van der Waals surface area contributed by atoms with Crippen LogP contribution in [0, 0.1) is 17.3 Å². The molecule has 0 N–H and O–H groups in total. The first-order chi connectivity index (χ1) is 15.6. The van der Waals surface area contributed by atoms with E-state index in [0.29, 0.717) is 16.5 Å². The van der Waals surface area contributed by atoms with Gasteiger partial charge in [0.05, 0.1) is 30.7 Å². The zero-order valence-electron chi connectivity index (χ0n) is 18.9. The molecule has 0 spiro atoms. The van der Waals surface area contributed by atoms with Crippen LogP contribution in [0.2, 0.25) is 5.02 Å². The van der Waals surface area contributed by atoms with Crippen LogP contribution < -0.4 is 9.64 Å². The van der Waals surface area contributed by atoms with E-state index in [9.17, 15) is 14.4 Å². The highest BCUT2D eigenvalue weighted by Gasteiger charge is 2.65. The van der Waals surface area contributed by atoms with Gasteiger partial charge in [0.2, 0.25) is 11.8 Å². The summed E-state index contributed by atoms with van der Waals surface area (Å²) in [5, 5.41) is 0.387. The maximum absolute atomic E-state index is 13.9. The standard InChI is InChI=1S/C26H25ClN2O4/c1-26(2,3)23(30)22-20-19(21-16-8-6-5-7-14(16)11-12-28(21)22)24(31)29(25(20)32)17-13-15(27)9-10-18(17)33-4/h5-13,19-22H,1-4H3/t19-,20+,21-,22+/m0/s1. The van der Waals surface area contributed by atoms with Crippen LogP contribution in [-0.4, -0.2) is 35.6 Å². The van der Waals surface area contributed by atoms with Crippen molar-refractivity contribution in [1.82, 2.24) is 4.90 Å². The fourth-order valence-corrected chi connectivity index (χ4v) is 5.54. The van der Waals surface area contributed by atoms with Crippen molar-refractivity contribution in [2.75, 3.05) is 12.0 Å². The van der Waals surface area contributed by atoms with Gasteiger partial charge < -0.3 is 9.64 Å². The van der Waals surface area contributed by atoms with E-state index >= 15 is 0 Å². The van der Waals surface area contributed by atoms with E-state index in [2.05, 4.69) is 0 Å². The highest BCUT2D eigenvalue weighted by Crippen LogP contribution is 2.55. The van der Waals surface area contributed by atoms with Crippen molar-refractivity contribution in [3.63, 3.8) is 0 Å². The van der Waals surface area contributed by atoms with E-state index in [4.69, 9.17) is 16.3 Å². The number of carbonyl (C=O) groups is 3. The number of hydrogen-bond donors (Lipinski definition) is 0. The molecule has 3 heterocycles. The molecule has 2 amide bonds. The number of hydrogen-bond acceptors (Lipinski definition) is 5. The maximum Gasteiger partial charge on any atom is 0.240 e. The minimum Gasteiger partial charge on any atom is -0.495 e. The van der Waals surface area contributed by atoms with Crippen LogP contribution in [0.15, 0.2) is 48.7 Å². The van der Waals surface area contributed by atoms with Crippen LogP contribution in [0.3, 0.4) is 0 Å². The summed E-state index contributed by atoms with van der Waals surface area (Å²) in [6.07, 6.45) is 3.81. The van der Waals surface area contributed by atoms with Crippen LogP contribution in [0.25, 0.3) is 6.08 Å². The van der Waals surface area contributed by atoms with Gasteiger partial charge >= 0.3 is 0 Å². The number of benzene rings is 2. The molecule has 0 radical (unpaired) electrons. The van der Waals surface area contributed by atoms with Gasteiger partial charge in [-0.1, -0.05) is 56.6 Å². The molecular formula is C26H25ClN2O4. The molecule has 2 aromatic rings. The van der Waals surface area contributed by atoms with Crippen LogP contribution >= 0.6 is 11.6 Å². The highest BCUT2D eigenvalue weighted by atomic mass is 35.5. The predicted molar refractivity (Wildman–Crippen MR) is 126 cm³/mol. The molecule has 33 heavy (non-hydrogen) atoms. The summed E-state index contributed by atoms with van der Waals surface area (Å²) >= 11 is 6.21. The molecule has 2 aromatic carbocycles. The third-order valence-electron chi connectivity index (χ3n) is 6.85. The number of carbonyl (C=O) groups excluding carboxylic acids is 3.